The van der Waals surface area contributed by atoms with Crippen molar-refractivity contribution in [1.29, 1.82) is 0 Å². The van der Waals surface area contributed by atoms with E-state index >= 15 is 0 Å². The lowest BCUT2D eigenvalue weighted by molar-refractivity contribution is 0.590. The Balaban J connectivity index is 1.10. The number of anilines is 6. The van der Waals surface area contributed by atoms with Crippen molar-refractivity contribution in [2.24, 2.45) is 0 Å². The maximum absolute atomic E-state index is 2.50. The van der Waals surface area contributed by atoms with Gasteiger partial charge in [0.05, 0.1) is 0 Å². The molecule has 0 aliphatic rings. The van der Waals surface area contributed by atoms with Crippen LogP contribution in [0.25, 0.3) is 51.1 Å². The van der Waals surface area contributed by atoms with Crippen LogP contribution in [0.3, 0.4) is 0 Å². The third-order valence-corrected chi connectivity index (χ3v) is 15.5. The summed E-state index contributed by atoms with van der Waals surface area (Å²) in [6, 6.07) is 53.8. The fourth-order valence-electron chi connectivity index (χ4n) is 10.0. The quantitative estimate of drug-likeness (QED) is 0.157. The van der Waals surface area contributed by atoms with Crippen molar-refractivity contribution >= 4 is 108 Å². The molecule has 0 spiro atoms. The summed E-state index contributed by atoms with van der Waals surface area (Å²) < 4.78 is 5.36. The van der Waals surface area contributed by atoms with Crippen LogP contribution in [-0.4, -0.2) is 0 Å². The standard InChI is InChI=1S/C61H60N2S2/c1-36(2)58-52-35-57-53(50-23-21-46(33-55(50)64-57)62(48-27-37(3)25-38(4)28-48)44-17-13-42(14-18-44)60(7,8)9)31-41(52)32-54-51-24-22-47(34-56(51)65-59(54)58)63(49-29-39(5)26-40(6)30-49)45-19-15-43(16-20-45)61(10,11)12/h13-36H,1-12H3. The Morgan fingerprint density at radius 3 is 1.22 bits per heavy atom. The van der Waals surface area contributed by atoms with Gasteiger partial charge in [-0.2, -0.15) is 0 Å². The van der Waals surface area contributed by atoms with Crippen LogP contribution in [-0.2, 0) is 10.8 Å². The second-order valence-electron chi connectivity index (χ2n) is 20.9. The van der Waals surface area contributed by atoms with E-state index in [4.69, 9.17) is 0 Å². The van der Waals surface area contributed by atoms with E-state index in [-0.39, 0.29) is 10.8 Å². The first-order valence-corrected chi connectivity index (χ1v) is 24.8. The summed E-state index contributed by atoms with van der Waals surface area (Å²) in [5, 5.41) is 7.99. The van der Waals surface area contributed by atoms with Gasteiger partial charge in [0.15, 0.2) is 0 Å². The molecule has 65 heavy (non-hydrogen) atoms. The highest BCUT2D eigenvalue weighted by molar-refractivity contribution is 7.26. The Morgan fingerprint density at radius 2 is 0.769 bits per heavy atom. The first kappa shape index (κ1) is 43.0. The molecule has 326 valence electrons. The van der Waals surface area contributed by atoms with Gasteiger partial charge in [-0.1, -0.05) is 104 Å². The van der Waals surface area contributed by atoms with E-state index in [0.717, 1.165) is 0 Å². The molecule has 0 aliphatic heterocycles. The SMILES string of the molecule is Cc1cc(C)cc(N(c2ccc(C(C)(C)C)cc2)c2ccc3c(c2)sc2cc4c(C(C)C)c5sc6cc(N(c7ccc(C(C)(C)C)cc7)c7cc(C)cc(C)c7)ccc6c5cc4cc23)c1. The van der Waals surface area contributed by atoms with Crippen molar-refractivity contribution in [3.8, 4) is 0 Å². The lowest BCUT2D eigenvalue weighted by Gasteiger charge is -2.27. The Kier molecular flexibility index (Phi) is 10.5. The molecule has 2 aromatic heterocycles. The second-order valence-corrected chi connectivity index (χ2v) is 23.0. The number of nitrogens with zero attached hydrogens (tertiary/aromatic N) is 2. The lowest BCUT2D eigenvalue weighted by atomic mass is 9.87. The van der Waals surface area contributed by atoms with E-state index in [1.165, 1.54) is 124 Å². The Labute approximate surface area is 393 Å². The molecule has 8 aromatic carbocycles. The molecule has 0 N–H and O–H groups in total. The van der Waals surface area contributed by atoms with Crippen LogP contribution in [0.5, 0.6) is 0 Å². The van der Waals surface area contributed by atoms with Gasteiger partial charge in [0, 0.05) is 74.5 Å². The van der Waals surface area contributed by atoms with Crippen LogP contribution in [0.4, 0.5) is 34.1 Å². The first-order valence-electron chi connectivity index (χ1n) is 23.2. The zero-order chi connectivity index (χ0) is 45.7. The molecule has 4 heteroatoms. The maximum Gasteiger partial charge on any atom is 0.0476 e. The Hall–Kier alpha value is -5.94. The van der Waals surface area contributed by atoms with Crippen LogP contribution >= 0.6 is 22.7 Å². The topological polar surface area (TPSA) is 6.48 Å². The predicted molar refractivity (Wildman–Crippen MR) is 290 cm³/mol. The molecule has 0 bridgehead atoms. The van der Waals surface area contributed by atoms with Gasteiger partial charge in [-0.25, -0.2) is 0 Å². The average Bonchev–Trinajstić information content (AvgIpc) is 3.77. The fraction of sp³-hybridized carbons (Fsp3) is 0.246. The van der Waals surface area contributed by atoms with E-state index in [1.807, 2.05) is 22.7 Å². The van der Waals surface area contributed by atoms with Crippen molar-refractivity contribution in [1.82, 2.24) is 0 Å². The van der Waals surface area contributed by atoms with Crippen LogP contribution in [0, 0.1) is 27.7 Å². The summed E-state index contributed by atoms with van der Waals surface area (Å²) in [5.74, 6) is 0.358. The van der Waals surface area contributed by atoms with Crippen molar-refractivity contribution in [2.75, 3.05) is 9.80 Å². The van der Waals surface area contributed by atoms with Crippen molar-refractivity contribution in [3.63, 3.8) is 0 Å². The van der Waals surface area contributed by atoms with E-state index in [0.29, 0.717) is 5.92 Å². The number of rotatable bonds is 7. The number of fused-ring (bicyclic) bond motifs is 7. The zero-order valence-corrected chi connectivity index (χ0v) is 41.7. The van der Waals surface area contributed by atoms with Gasteiger partial charge in [-0.05, 0) is 185 Å². The summed E-state index contributed by atoms with van der Waals surface area (Å²) in [7, 11) is 0. The molecule has 2 nitrogen and oxygen atoms in total. The molecule has 0 saturated heterocycles. The predicted octanol–water partition coefficient (Wildman–Crippen LogP) is 19.5. The van der Waals surface area contributed by atoms with Crippen LogP contribution < -0.4 is 9.80 Å². The van der Waals surface area contributed by atoms with Crippen LogP contribution in [0.15, 0.2) is 140 Å². The van der Waals surface area contributed by atoms with Gasteiger partial charge in [-0.3, -0.25) is 0 Å². The molecular weight excluding hydrogens is 825 g/mol. The molecule has 10 aromatic rings. The molecule has 0 aliphatic carbocycles. The molecule has 10 rings (SSSR count). The summed E-state index contributed by atoms with van der Waals surface area (Å²) in [4.78, 5) is 4.86. The lowest BCUT2D eigenvalue weighted by Crippen LogP contribution is -2.13. The number of benzene rings is 8. The highest BCUT2D eigenvalue weighted by atomic mass is 32.1. The van der Waals surface area contributed by atoms with E-state index < -0.39 is 0 Å². The van der Waals surface area contributed by atoms with Crippen LogP contribution in [0.2, 0.25) is 0 Å². The molecule has 2 heterocycles. The third kappa shape index (κ3) is 7.89. The number of hydrogen-bond acceptors (Lipinski definition) is 4. The zero-order valence-electron chi connectivity index (χ0n) is 40.1. The number of hydrogen-bond donors (Lipinski definition) is 0. The van der Waals surface area contributed by atoms with Crippen molar-refractivity contribution < 1.29 is 0 Å². The monoisotopic (exact) mass is 884 g/mol. The fourth-order valence-corrected chi connectivity index (χ4v) is 12.6. The summed E-state index contributed by atoms with van der Waals surface area (Å²) in [5.41, 5.74) is 16.4. The number of aryl methyl sites for hydroxylation is 4. The van der Waals surface area contributed by atoms with E-state index in [1.54, 1.807) is 0 Å². The highest BCUT2D eigenvalue weighted by Crippen LogP contribution is 2.48. The normalized spacial score (nSPS) is 12.4. The van der Waals surface area contributed by atoms with Crippen LogP contribution in [0.1, 0.15) is 100 Å². The van der Waals surface area contributed by atoms with Gasteiger partial charge >= 0.3 is 0 Å². The maximum atomic E-state index is 2.50. The highest BCUT2D eigenvalue weighted by Gasteiger charge is 2.23. The van der Waals surface area contributed by atoms with Gasteiger partial charge in [-0.15, -0.1) is 22.7 Å². The molecule has 0 atom stereocenters. The van der Waals surface area contributed by atoms with Gasteiger partial charge in [0.1, 0.15) is 0 Å². The molecule has 0 saturated carbocycles. The summed E-state index contributed by atoms with van der Waals surface area (Å²) >= 11 is 3.87. The molecule has 0 amide bonds. The average molecular weight is 885 g/mol. The Bertz CT molecular complexity index is 3410. The minimum Gasteiger partial charge on any atom is -0.310 e. The van der Waals surface area contributed by atoms with Crippen molar-refractivity contribution in [2.45, 2.75) is 99.8 Å². The summed E-state index contributed by atoms with van der Waals surface area (Å²) in [6.07, 6.45) is 0. The Morgan fingerprint density at radius 1 is 0.369 bits per heavy atom. The summed E-state index contributed by atoms with van der Waals surface area (Å²) in [6.45, 7) is 27.2. The third-order valence-electron chi connectivity index (χ3n) is 13.2. The molecule has 0 unspecified atom stereocenters. The van der Waals surface area contributed by atoms with E-state index in [9.17, 15) is 0 Å². The smallest absolute Gasteiger partial charge is 0.0476 e. The number of thiophene rings is 2. The van der Waals surface area contributed by atoms with E-state index in [2.05, 4.69) is 232 Å². The molecule has 0 radical (unpaired) electrons. The van der Waals surface area contributed by atoms with Crippen molar-refractivity contribution in [3.05, 3.63) is 178 Å². The minimum atomic E-state index is 0.0889. The molecule has 0 fully saturated rings. The second kappa shape index (κ2) is 15.9. The molecular formula is C61H60N2S2. The van der Waals surface area contributed by atoms with Gasteiger partial charge in [0.25, 0.3) is 0 Å². The van der Waals surface area contributed by atoms with Gasteiger partial charge in [0.2, 0.25) is 0 Å². The minimum absolute atomic E-state index is 0.0889. The van der Waals surface area contributed by atoms with Gasteiger partial charge < -0.3 is 9.80 Å². The largest absolute Gasteiger partial charge is 0.310 e. The first-order chi connectivity index (χ1) is 30.9.